The number of nitrogens with one attached hydrogen (secondary N) is 1. The number of rotatable bonds is 7. The molecule has 0 radical (unpaired) electrons. The van der Waals surface area contributed by atoms with Gasteiger partial charge in [0.05, 0.1) is 38.6 Å². The molecule has 2 aromatic carbocycles. The molecular weight excluding hydrogens is 398 g/mol. The Bertz CT molecular complexity index is 1100. The molecular formula is C22H23N5O4. The summed E-state index contributed by atoms with van der Waals surface area (Å²) in [7, 11) is 3.05. The summed E-state index contributed by atoms with van der Waals surface area (Å²) in [6.45, 7) is 1.23. The molecule has 0 atom stereocenters. The Morgan fingerprint density at radius 1 is 1.10 bits per heavy atom. The molecule has 1 N–H and O–H groups in total. The van der Waals surface area contributed by atoms with E-state index in [0.29, 0.717) is 35.8 Å². The van der Waals surface area contributed by atoms with Crippen molar-refractivity contribution in [1.29, 1.82) is 0 Å². The van der Waals surface area contributed by atoms with Crippen molar-refractivity contribution in [1.82, 2.24) is 25.2 Å². The second-order valence-corrected chi connectivity index (χ2v) is 7.12. The molecule has 9 nitrogen and oxygen atoms in total. The van der Waals surface area contributed by atoms with Gasteiger partial charge in [-0.15, -0.1) is 5.10 Å². The quantitative estimate of drug-likeness (QED) is 0.624. The van der Waals surface area contributed by atoms with Crippen LogP contribution in [0.3, 0.4) is 0 Å². The molecule has 1 aliphatic heterocycles. The fraction of sp³-hybridized carbons (Fsp3) is 0.273. The van der Waals surface area contributed by atoms with Crippen molar-refractivity contribution in [3.63, 3.8) is 0 Å². The van der Waals surface area contributed by atoms with E-state index in [4.69, 9.17) is 9.47 Å². The summed E-state index contributed by atoms with van der Waals surface area (Å²) < 4.78 is 12.1. The molecule has 31 heavy (non-hydrogen) atoms. The minimum absolute atomic E-state index is 0.0141. The topological polar surface area (TPSA) is 98.6 Å². The summed E-state index contributed by atoms with van der Waals surface area (Å²) in [5.74, 6) is 0.708. The fourth-order valence-electron chi connectivity index (χ4n) is 3.50. The summed E-state index contributed by atoms with van der Waals surface area (Å²) in [6, 6.07) is 14.8. The van der Waals surface area contributed by atoms with Crippen LogP contribution < -0.4 is 14.8 Å². The zero-order chi connectivity index (χ0) is 21.8. The fourth-order valence-corrected chi connectivity index (χ4v) is 3.50. The molecule has 1 aliphatic rings. The van der Waals surface area contributed by atoms with Crippen LogP contribution in [0.25, 0.3) is 0 Å². The third kappa shape index (κ3) is 4.35. The minimum Gasteiger partial charge on any atom is -0.497 e. The van der Waals surface area contributed by atoms with Gasteiger partial charge in [-0.25, -0.2) is 4.68 Å². The Morgan fingerprint density at radius 2 is 1.90 bits per heavy atom. The molecule has 0 aliphatic carbocycles. The largest absolute Gasteiger partial charge is 0.497 e. The highest BCUT2D eigenvalue weighted by Gasteiger charge is 2.27. The van der Waals surface area contributed by atoms with E-state index < -0.39 is 0 Å². The van der Waals surface area contributed by atoms with Crippen LogP contribution in [0.15, 0.2) is 48.5 Å². The van der Waals surface area contributed by atoms with Gasteiger partial charge in [0.1, 0.15) is 23.7 Å². The van der Waals surface area contributed by atoms with Gasteiger partial charge in [-0.05, 0) is 17.7 Å². The first-order chi connectivity index (χ1) is 15.1. The lowest BCUT2D eigenvalue weighted by atomic mass is 10.1. The Kier molecular flexibility index (Phi) is 5.83. The van der Waals surface area contributed by atoms with Crippen LogP contribution in [0.4, 0.5) is 0 Å². The first-order valence-electron chi connectivity index (χ1n) is 9.82. The third-order valence-electron chi connectivity index (χ3n) is 5.18. The van der Waals surface area contributed by atoms with Crippen LogP contribution in [0.2, 0.25) is 0 Å². The van der Waals surface area contributed by atoms with Crippen molar-refractivity contribution in [3.8, 4) is 11.5 Å². The normalized spacial score (nSPS) is 13.0. The molecule has 2 heterocycles. The summed E-state index contributed by atoms with van der Waals surface area (Å²) in [6.07, 6.45) is 0. The smallest absolute Gasteiger partial charge is 0.255 e. The molecule has 0 unspecified atom stereocenters. The van der Waals surface area contributed by atoms with Gasteiger partial charge < -0.3 is 19.7 Å². The lowest BCUT2D eigenvalue weighted by Gasteiger charge is -2.27. The monoisotopic (exact) mass is 421 g/mol. The predicted molar refractivity (Wildman–Crippen MR) is 111 cm³/mol. The average molecular weight is 421 g/mol. The van der Waals surface area contributed by atoms with Crippen LogP contribution in [-0.4, -0.2) is 45.9 Å². The first-order valence-corrected chi connectivity index (χ1v) is 9.82. The molecule has 0 fully saturated rings. The SMILES string of the molecule is COc1ccc(C(=O)NCc2nnn3c2CN(Cc2ccccc2)C(=O)C3)c(OC)c1. The Morgan fingerprint density at radius 3 is 2.65 bits per heavy atom. The van der Waals surface area contributed by atoms with Crippen molar-refractivity contribution in [2.45, 2.75) is 26.2 Å². The summed E-state index contributed by atoms with van der Waals surface area (Å²) >= 11 is 0. The summed E-state index contributed by atoms with van der Waals surface area (Å²) in [5.41, 5.74) is 2.90. The number of hydrogen-bond donors (Lipinski definition) is 1. The average Bonchev–Trinajstić information content (AvgIpc) is 3.19. The Balaban J connectivity index is 1.46. The molecule has 9 heteroatoms. The lowest BCUT2D eigenvalue weighted by Crippen LogP contribution is -2.39. The van der Waals surface area contributed by atoms with Crippen molar-refractivity contribution >= 4 is 11.8 Å². The molecule has 0 spiro atoms. The molecule has 1 aromatic heterocycles. The predicted octanol–water partition coefficient (Wildman–Crippen LogP) is 1.77. The third-order valence-corrected chi connectivity index (χ3v) is 5.18. The number of nitrogens with zero attached hydrogens (tertiary/aromatic N) is 4. The number of methoxy groups -OCH3 is 2. The van der Waals surface area contributed by atoms with E-state index in [1.165, 1.54) is 7.11 Å². The Hall–Kier alpha value is -3.88. The van der Waals surface area contributed by atoms with Gasteiger partial charge in [0.15, 0.2) is 0 Å². The second kappa shape index (κ2) is 8.86. The number of aromatic nitrogens is 3. The highest BCUT2D eigenvalue weighted by molar-refractivity contribution is 5.97. The van der Waals surface area contributed by atoms with Crippen molar-refractivity contribution < 1.29 is 19.1 Å². The van der Waals surface area contributed by atoms with Crippen molar-refractivity contribution in [2.75, 3.05) is 14.2 Å². The van der Waals surface area contributed by atoms with Crippen LogP contribution >= 0.6 is 0 Å². The molecule has 0 bridgehead atoms. The van der Waals surface area contributed by atoms with Gasteiger partial charge in [0, 0.05) is 12.6 Å². The van der Waals surface area contributed by atoms with Gasteiger partial charge in [-0.3, -0.25) is 9.59 Å². The van der Waals surface area contributed by atoms with E-state index in [-0.39, 0.29) is 24.9 Å². The number of hydrogen-bond acceptors (Lipinski definition) is 6. The van der Waals surface area contributed by atoms with Gasteiger partial charge in [0.2, 0.25) is 5.91 Å². The number of carbonyl (C=O) groups excluding carboxylic acids is 2. The minimum atomic E-state index is -0.297. The van der Waals surface area contributed by atoms with Crippen molar-refractivity contribution in [3.05, 3.63) is 71.0 Å². The lowest BCUT2D eigenvalue weighted by molar-refractivity contribution is -0.135. The maximum absolute atomic E-state index is 12.7. The molecule has 0 saturated carbocycles. The first kappa shape index (κ1) is 20.4. The van der Waals surface area contributed by atoms with Crippen molar-refractivity contribution in [2.24, 2.45) is 0 Å². The standard InChI is InChI=1S/C22H23N5O4/c1-30-16-8-9-17(20(10-16)31-2)22(29)23-11-18-19-13-26(12-15-6-4-3-5-7-15)21(28)14-27(19)25-24-18/h3-10H,11-14H2,1-2H3,(H,23,29). The molecule has 3 aromatic rings. The number of ether oxygens (including phenoxy) is 2. The second-order valence-electron chi connectivity index (χ2n) is 7.12. The van der Waals surface area contributed by atoms with Gasteiger partial charge in [0.25, 0.3) is 5.91 Å². The van der Waals surface area contributed by atoms with E-state index >= 15 is 0 Å². The highest BCUT2D eigenvalue weighted by Crippen LogP contribution is 2.25. The maximum Gasteiger partial charge on any atom is 0.255 e. The maximum atomic E-state index is 12.7. The number of fused-ring (bicyclic) bond motifs is 1. The highest BCUT2D eigenvalue weighted by atomic mass is 16.5. The molecule has 4 rings (SSSR count). The summed E-state index contributed by atoms with van der Waals surface area (Å²) in [5, 5.41) is 11.1. The van der Waals surface area contributed by atoms with E-state index in [0.717, 1.165) is 11.3 Å². The Labute approximate surface area is 179 Å². The molecule has 160 valence electrons. The number of carbonyl (C=O) groups is 2. The van der Waals surface area contributed by atoms with Crippen LogP contribution in [0.5, 0.6) is 11.5 Å². The summed E-state index contributed by atoms with van der Waals surface area (Å²) in [4.78, 5) is 27.0. The zero-order valence-corrected chi connectivity index (χ0v) is 17.4. The van der Waals surface area contributed by atoms with Crippen LogP contribution in [0, 0.1) is 0 Å². The van der Waals surface area contributed by atoms with E-state index in [2.05, 4.69) is 15.6 Å². The van der Waals surface area contributed by atoms with Gasteiger partial charge in [-0.1, -0.05) is 35.5 Å². The number of benzene rings is 2. The van der Waals surface area contributed by atoms with Crippen LogP contribution in [0.1, 0.15) is 27.3 Å². The van der Waals surface area contributed by atoms with E-state index in [1.54, 1.807) is 34.9 Å². The number of amides is 2. The van der Waals surface area contributed by atoms with Gasteiger partial charge >= 0.3 is 0 Å². The molecule has 0 saturated heterocycles. The molecule has 2 amide bonds. The zero-order valence-electron chi connectivity index (χ0n) is 17.4. The van der Waals surface area contributed by atoms with E-state index in [9.17, 15) is 9.59 Å². The van der Waals surface area contributed by atoms with Crippen LogP contribution in [-0.2, 0) is 31.0 Å². The van der Waals surface area contributed by atoms with E-state index in [1.807, 2.05) is 30.3 Å². The van der Waals surface area contributed by atoms with Gasteiger partial charge in [-0.2, -0.15) is 0 Å².